The van der Waals surface area contributed by atoms with Crippen LogP contribution in [0.4, 0.5) is 80.0 Å². The molecule has 2 aliphatic carbocycles. The van der Waals surface area contributed by atoms with Gasteiger partial charge in [-0.2, -0.15) is 28.5 Å². The maximum absolute atomic E-state index is 15.0. The first kappa shape index (κ1) is 66.4. The fourth-order valence-corrected chi connectivity index (χ4v) is 14.9. The number of imidazole rings is 1. The minimum atomic E-state index is -4.52. The SMILES string of the molecule is Cc1cc(Nc2cc(N3CC(F)(C4CC4)C3)nc(Sc3ccc(-c4ncc(C)o4)cc3)n2)n[nH]1.Cc1cc(Nc2cc(N3CC(F)(C4CC4)C3)nc(Sc3ccc(N)cc3)n2)n[nH]1.Cc1cc(Nc2cc(N3CC(N4CCCC4)C3)nc(Sc3ccc4nc(C(F)(F)F)n(C)c4c3)n2)n[nH]1.[HH].[HH].[HH].[HH].[HH].[HH].[HH]. The number of nitrogens with two attached hydrogens (primary N) is 1. The number of H-pyrrole nitrogens is 3. The third kappa shape index (κ3) is 15.3. The largest absolute Gasteiger partial charge is 0.449 e. The second-order valence-corrected chi connectivity index (χ2v) is 29.4. The smallest absolute Gasteiger partial charge is 0.441 e. The molecule has 6 fully saturated rings. The van der Waals surface area contributed by atoms with Crippen LogP contribution in [0.2, 0.25) is 0 Å². The standard InChI is InChI=1S/C24H26F3N9S.C24H24FN7OS.C20H22FN7S.7H2/c1-14-9-20(33-32-14)29-19-11-21(36-12-15(13-36)35-7-3-4-8-35)31-23(30-19)37-16-5-6-17-18(10-16)34(2)22(28-17)24(25,26)27;1-14-9-20(31-30-14)27-19-10-21(32-12-24(25,13-32)17-5-6-17)29-23(28-19)34-18-7-3-16(4-8-18)22-26-11-15(2)33-22;1-12-8-17(27-26-12)23-16-9-18(28-10-20(21,11-28)13-2-3-13)25-19(24-16)29-15-6-4-14(22)5-7-15;;;;;;;/h5-6,9-11,15H,3-4,7-8,12-13H2,1-2H3,(H2,29,30,31,32,33);3-4,7-11,17H,5-6,12-13H2,1-2H3,(H2,27,28,29,30,31);4-9,13H,2-3,10-11,22H2,1H3,(H2,23,24,25,26,27);7*1H. The molecular weight excluding hydrogens is 1350 g/mol. The molecule has 4 aliphatic heterocycles. The summed E-state index contributed by atoms with van der Waals surface area (Å²) in [5, 5.41) is 32.8. The number of fused-ring (bicyclic) bond motifs is 1. The number of hydrogen-bond acceptors (Lipinski definition) is 23. The van der Waals surface area contributed by atoms with Gasteiger partial charge >= 0.3 is 6.18 Å². The Morgan fingerprint density at radius 1 is 0.550 bits per heavy atom. The van der Waals surface area contributed by atoms with E-state index >= 15 is 0 Å². The third-order valence-electron chi connectivity index (χ3n) is 18.2. The first-order chi connectivity index (χ1) is 48.1. The van der Waals surface area contributed by atoms with E-state index in [9.17, 15) is 22.0 Å². The van der Waals surface area contributed by atoms with Crippen molar-refractivity contribution in [3.05, 3.63) is 138 Å². The first-order valence-corrected chi connectivity index (χ1v) is 35.4. The second-order valence-electron chi connectivity index (χ2n) is 26.3. The van der Waals surface area contributed by atoms with Gasteiger partial charge < -0.3 is 45.4 Å². The van der Waals surface area contributed by atoms with Crippen molar-refractivity contribution in [1.29, 1.82) is 0 Å². The molecule has 8 N–H and O–H groups in total. The average molecular weight is 1430 g/mol. The van der Waals surface area contributed by atoms with Crippen LogP contribution in [0.5, 0.6) is 0 Å². The van der Waals surface area contributed by atoms with Crippen molar-refractivity contribution in [2.45, 2.75) is 120 Å². The highest BCUT2D eigenvalue weighted by molar-refractivity contribution is 7.99. The number of aromatic amines is 3. The third-order valence-corrected chi connectivity index (χ3v) is 20.8. The number of aryl methyl sites for hydroxylation is 5. The maximum atomic E-state index is 15.0. The Kier molecular flexibility index (Phi) is 18.0. The van der Waals surface area contributed by atoms with E-state index in [1.807, 2.05) is 122 Å². The summed E-state index contributed by atoms with van der Waals surface area (Å²) in [6, 6.07) is 32.3. The number of nitrogen functional groups attached to an aromatic ring is 1. The lowest BCUT2D eigenvalue weighted by molar-refractivity contribution is -0.146. The lowest BCUT2D eigenvalue weighted by Gasteiger charge is -2.45. The molecule has 0 atom stereocenters. The van der Waals surface area contributed by atoms with Gasteiger partial charge in [-0.05, 0) is 193 Å². The van der Waals surface area contributed by atoms with Gasteiger partial charge in [0.25, 0.3) is 0 Å². The summed E-state index contributed by atoms with van der Waals surface area (Å²) in [6.45, 7) is 13.3. The number of hydrogen-bond donors (Lipinski definition) is 7. The van der Waals surface area contributed by atoms with Gasteiger partial charge in [0.05, 0.1) is 43.4 Å². The molecule has 0 spiro atoms. The van der Waals surface area contributed by atoms with E-state index < -0.39 is 23.3 Å². The summed E-state index contributed by atoms with van der Waals surface area (Å²) < 4.78 is 76.4. The van der Waals surface area contributed by atoms with Crippen LogP contribution in [0.1, 0.15) is 77.2 Å². The van der Waals surface area contributed by atoms with Crippen molar-refractivity contribution in [2.24, 2.45) is 18.9 Å². The lowest BCUT2D eigenvalue weighted by atomic mass is 9.91. The van der Waals surface area contributed by atoms with Gasteiger partial charge in [0.1, 0.15) is 52.0 Å². The van der Waals surface area contributed by atoms with E-state index in [-0.39, 0.29) is 21.8 Å². The van der Waals surface area contributed by atoms with Crippen LogP contribution in [0.3, 0.4) is 0 Å². The van der Waals surface area contributed by atoms with Crippen LogP contribution < -0.4 is 36.4 Å². The Hall–Kier alpha value is -9.53. The zero-order valence-electron chi connectivity index (χ0n) is 55.3. The minimum absolute atomic E-state index is 0. The number of likely N-dealkylation sites (tertiary alicyclic amines) is 1. The molecule has 24 nitrogen and oxygen atoms in total. The average Bonchev–Trinajstić information content (AvgIpc) is 1.68. The van der Waals surface area contributed by atoms with Gasteiger partial charge in [0.15, 0.2) is 32.9 Å². The van der Waals surface area contributed by atoms with Crippen molar-refractivity contribution in [3.63, 3.8) is 0 Å². The van der Waals surface area contributed by atoms with Crippen molar-refractivity contribution in [1.82, 2.24) is 79.9 Å². The number of halogens is 5. The molecule has 2 saturated carbocycles. The van der Waals surface area contributed by atoms with Gasteiger partial charge in [0, 0.05) is 116 Å². The zero-order chi connectivity index (χ0) is 69.0. The van der Waals surface area contributed by atoms with E-state index in [4.69, 9.17) is 20.1 Å². The summed E-state index contributed by atoms with van der Waals surface area (Å²) in [7, 11) is 1.37. The van der Waals surface area contributed by atoms with Crippen molar-refractivity contribution in [2.75, 3.05) is 88.7 Å². The van der Waals surface area contributed by atoms with Gasteiger partial charge in [-0.15, -0.1) is 0 Å². The zero-order valence-corrected chi connectivity index (χ0v) is 57.7. The molecule has 32 heteroatoms. The van der Waals surface area contributed by atoms with Gasteiger partial charge in [-0.25, -0.2) is 48.7 Å². The molecule has 17 rings (SSSR count). The number of rotatable bonds is 19. The molecule has 4 saturated heterocycles. The quantitative estimate of drug-likeness (QED) is 0.0225. The van der Waals surface area contributed by atoms with Crippen LogP contribution in [-0.4, -0.2) is 150 Å². The predicted molar refractivity (Wildman–Crippen MR) is 391 cm³/mol. The molecule has 0 amide bonds. The van der Waals surface area contributed by atoms with E-state index in [2.05, 4.69) is 86.2 Å². The first-order valence-electron chi connectivity index (χ1n) is 33.0. The Morgan fingerprint density at radius 3 is 1.41 bits per heavy atom. The minimum Gasteiger partial charge on any atom is -0.441 e. The molecular formula is C68H86F5N23OS3. The van der Waals surface area contributed by atoms with Crippen LogP contribution in [-0.2, 0) is 13.2 Å². The highest BCUT2D eigenvalue weighted by atomic mass is 32.2. The molecule has 6 aliphatic rings. The van der Waals surface area contributed by atoms with Crippen LogP contribution in [0.25, 0.3) is 22.5 Å². The van der Waals surface area contributed by atoms with E-state index in [1.54, 1.807) is 24.4 Å². The molecule has 0 bridgehead atoms. The van der Waals surface area contributed by atoms with Crippen LogP contribution >= 0.6 is 35.3 Å². The molecule has 12 heterocycles. The molecule has 3 aromatic carbocycles. The van der Waals surface area contributed by atoms with Crippen LogP contribution in [0, 0.1) is 39.5 Å². The molecule has 8 aromatic heterocycles. The Labute approximate surface area is 595 Å². The highest BCUT2D eigenvalue weighted by Crippen LogP contribution is 2.50. The van der Waals surface area contributed by atoms with Crippen LogP contribution in [0.15, 0.2) is 144 Å². The number of alkyl halides is 5. The van der Waals surface area contributed by atoms with E-state index in [0.29, 0.717) is 111 Å². The fourth-order valence-electron chi connectivity index (χ4n) is 12.6. The Balaban J connectivity index is 0.000000197. The molecule has 11 aromatic rings. The second kappa shape index (κ2) is 27.2. The van der Waals surface area contributed by atoms with Crippen molar-refractivity contribution in [3.8, 4) is 11.5 Å². The topological polar surface area (TPSA) is 282 Å². The normalized spacial score (nSPS) is 17.2. The predicted octanol–water partition coefficient (Wildman–Crippen LogP) is 15.5. The van der Waals surface area contributed by atoms with Gasteiger partial charge in [-0.1, -0.05) is 0 Å². The molecule has 532 valence electrons. The Morgan fingerprint density at radius 2 is 0.990 bits per heavy atom. The number of oxazole rings is 1. The number of benzene rings is 3. The molecule has 0 unspecified atom stereocenters. The summed E-state index contributed by atoms with van der Waals surface area (Å²) >= 11 is 4.19. The molecule has 0 radical (unpaired) electrons. The number of aromatic nitrogens is 15. The maximum Gasteiger partial charge on any atom is 0.449 e. The summed E-state index contributed by atoms with van der Waals surface area (Å²) in [5.74, 6) is 6.96. The van der Waals surface area contributed by atoms with Gasteiger partial charge in [-0.3, -0.25) is 20.2 Å². The van der Waals surface area contributed by atoms with Crippen molar-refractivity contribution >= 4 is 104 Å². The molecule has 100 heavy (non-hydrogen) atoms. The summed E-state index contributed by atoms with van der Waals surface area (Å²) in [5.41, 5.74) is 8.74. The van der Waals surface area contributed by atoms with E-state index in [1.165, 1.54) is 55.2 Å². The monoisotopic (exact) mass is 1430 g/mol. The fraction of sp³-hybridized carbons (Fsp3) is 0.368. The summed E-state index contributed by atoms with van der Waals surface area (Å²) in [4.78, 5) is 47.6. The number of nitrogens with one attached hydrogen (secondary N) is 6. The summed E-state index contributed by atoms with van der Waals surface area (Å²) in [6.07, 6.45) is 3.68. The number of nitrogens with zero attached hydrogens (tertiary/aromatic N) is 16. The highest BCUT2D eigenvalue weighted by Gasteiger charge is 2.55. The van der Waals surface area contributed by atoms with Gasteiger partial charge in [0.2, 0.25) is 11.7 Å². The van der Waals surface area contributed by atoms with E-state index in [0.717, 1.165) is 111 Å². The Bertz CT molecular complexity index is 4760. The lowest BCUT2D eigenvalue weighted by Crippen LogP contribution is -2.60. The van der Waals surface area contributed by atoms with Crippen molar-refractivity contribution < 1.29 is 36.4 Å². The number of anilines is 10.